The van der Waals surface area contributed by atoms with Crippen LogP contribution in [0.3, 0.4) is 0 Å². The normalized spacial score (nSPS) is 7.20. The first-order chi connectivity index (χ1) is 8.74. The molecule has 0 aliphatic carbocycles. The third-order valence-electron chi connectivity index (χ3n) is 2.06. The van der Waals surface area contributed by atoms with Gasteiger partial charge in [-0.25, -0.2) is 0 Å². The zero-order chi connectivity index (χ0) is 15.1. The molecule has 116 valence electrons. The van der Waals surface area contributed by atoms with Gasteiger partial charge in [-0.2, -0.15) is 26.2 Å². The van der Waals surface area contributed by atoms with Crippen molar-refractivity contribution in [2.75, 3.05) is 0 Å². The number of hydrogen-bond donors (Lipinski definition) is 0. The summed E-state index contributed by atoms with van der Waals surface area (Å²) in [6, 6.07) is 0. The molecule has 2 heteroatoms. The summed E-state index contributed by atoms with van der Waals surface area (Å²) in [5, 5.41) is 0. The van der Waals surface area contributed by atoms with Crippen molar-refractivity contribution in [2.45, 2.75) is 91.9 Å². The van der Waals surface area contributed by atoms with Gasteiger partial charge in [0.15, 0.2) is 0 Å². The second-order valence-electron chi connectivity index (χ2n) is 3.97. The summed E-state index contributed by atoms with van der Waals surface area (Å²) in [5.74, 6) is 0. The standard InChI is InChI=1S/C8H17.2C4H9.C2H5.2Mg/c1-3-5-7-8-6-4-2;2*1-3-4-2;1-2;;/h1,3-8H2,2H3;2*1,3-4H2,2H3;1H2,2H3;;/q4*-1;2*+2. The summed E-state index contributed by atoms with van der Waals surface area (Å²) >= 11 is 0. The van der Waals surface area contributed by atoms with Crippen LogP contribution in [0.1, 0.15) is 91.9 Å². The number of rotatable bonds is 7. The third kappa shape index (κ3) is 92.1. The molecule has 0 heterocycles. The first kappa shape index (κ1) is 37.6. The minimum Gasteiger partial charge on any atom is -0.346 e. The molecule has 0 unspecified atom stereocenters. The Bertz CT molecular complexity index is 61.8. The van der Waals surface area contributed by atoms with Crippen LogP contribution in [0.15, 0.2) is 0 Å². The molecule has 0 radical (unpaired) electrons. The molecule has 0 rings (SSSR count). The van der Waals surface area contributed by atoms with Gasteiger partial charge in [-0.3, -0.25) is 0 Å². The monoisotopic (exact) mass is 304 g/mol. The minimum atomic E-state index is 0. The molecule has 0 saturated carbocycles. The van der Waals surface area contributed by atoms with Crippen molar-refractivity contribution >= 4 is 46.1 Å². The average Bonchev–Trinajstić information content (AvgIpc) is 2.46. The summed E-state index contributed by atoms with van der Waals surface area (Å²) in [6.45, 7) is 22.5. The van der Waals surface area contributed by atoms with Crippen LogP contribution in [-0.4, -0.2) is 46.1 Å². The van der Waals surface area contributed by atoms with E-state index in [9.17, 15) is 0 Å². The Kier molecular flexibility index (Phi) is 111. The van der Waals surface area contributed by atoms with Gasteiger partial charge in [-0.05, 0) is 0 Å². The van der Waals surface area contributed by atoms with Crippen LogP contribution in [0.25, 0.3) is 0 Å². The molecular weight excluding hydrogens is 265 g/mol. The second-order valence-corrected chi connectivity index (χ2v) is 3.97. The van der Waals surface area contributed by atoms with Crippen LogP contribution in [0, 0.1) is 27.7 Å². The Hall–Kier alpha value is 1.53. The Morgan fingerprint density at radius 3 is 1.00 bits per heavy atom. The topological polar surface area (TPSA) is 0 Å². The van der Waals surface area contributed by atoms with Gasteiger partial charge in [0.1, 0.15) is 0 Å². The summed E-state index contributed by atoms with van der Waals surface area (Å²) in [7, 11) is 0. The predicted molar refractivity (Wildman–Crippen MR) is 102 cm³/mol. The van der Waals surface area contributed by atoms with E-state index in [1.165, 1.54) is 44.9 Å². The van der Waals surface area contributed by atoms with Gasteiger partial charge >= 0.3 is 46.1 Å². The van der Waals surface area contributed by atoms with Gasteiger partial charge in [-0.1, -0.05) is 65.7 Å². The van der Waals surface area contributed by atoms with E-state index in [-0.39, 0.29) is 46.1 Å². The molecule has 0 N–H and O–H groups in total. The molecule has 0 bridgehead atoms. The molecule has 0 amide bonds. The quantitative estimate of drug-likeness (QED) is 0.286. The Morgan fingerprint density at radius 1 is 0.500 bits per heavy atom. The van der Waals surface area contributed by atoms with Crippen LogP contribution in [0.5, 0.6) is 0 Å². The van der Waals surface area contributed by atoms with Crippen molar-refractivity contribution in [3.05, 3.63) is 27.7 Å². The van der Waals surface area contributed by atoms with E-state index < -0.39 is 0 Å². The predicted octanol–water partition coefficient (Wildman–Crippen LogP) is 6.50. The van der Waals surface area contributed by atoms with Gasteiger partial charge in [0.25, 0.3) is 0 Å². The van der Waals surface area contributed by atoms with Crippen molar-refractivity contribution < 1.29 is 0 Å². The van der Waals surface area contributed by atoms with Gasteiger partial charge in [-0.15, -0.1) is 0 Å². The Morgan fingerprint density at radius 2 is 0.800 bits per heavy atom. The van der Waals surface area contributed by atoms with E-state index in [0.717, 1.165) is 19.3 Å². The molecule has 0 fully saturated rings. The van der Waals surface area contributed by atoms with Crippen LogP contribution in [-0.2, 0) is 0 Å². The smallest absolute Gasteiger partial charge is 0.346 e. The van der Waals surface area contributed by atoms with Gasteiger partial charge in [0.05, 0.1) is 0 Å². The van der Waals surface area contributed by atoms with Crippen molar-refractivity contribution in [2.24, 2.45) is 0 Å². The molecule has 0 atom stereocenters. The van der Waals surface area contributed by atoms with Gasteiger partial charge in [0.2, 0.25) is 0 Å². The third-order valence-corrected chi connectivity index (χ3v) is 2.06. The SMILES string of the molecule is [CH2-]C.[CH2-]CCC.[CH2-]CCC.[CH2-]CCCCCCC.[Mg+2].[Mg+2]. The summed E-state index contributed by atoms with van der Waals surface area (Å²) in [6.07, 6.45) is 12.5. The van der Waals surface area contributed by atoms with Crippen LogP contribution >= 0.6 is 0 Å². The molecular formula is C18H40Mg2. The average molecular weight is 305 g/mol. The van der Waals surface area contributed by atoms with E-state index in [1.807, 2.05) is 0 Å². The van der Waals surface area contributed by atoms with Crippen LogP contribution in [0.2, 0.25) is 0 Å². The second kappa shape index (κ2) is 58.9. The first-order valence-electron chi connectivity index (χ1n) is 7.83. The minimum absolute atomic E-state index is 0. The number of unbranched alkanes of at least 4 members (excludes halogenated alkanes) is 7. The fourth-order valence-corrected chi connectivity index (χ4v) is 0.780. The summed E-state index contributed by atoms with van der Waals surface area (Å²) < 4.78 is 0. The van der Waals surface area contributed by atoms with E-state index in [0.29, 0.717) is 0 Å². The fraction of sp³-hybridized carbons (Fsp3) is 0.778. The molecule has 0 saturated heterocycles. The number of hydrogen-bond acceptors (Lipinski definition) is 0. The maximum Gasteiger partial charge on any atom is 2.00 e. The molecule has 0 aromatic heterocycles. The van der Waals surface area contributed by atoms with Gasteiger partial charge in [0, 0.05) is 0 Å². The Balaban J connectivity index is -0.0000000355. The fourth-order valence-electron chi connectivity index (χ4n) is 0.780. The van der Waals surface area contributed by atoms with E-state index in [4.69, 9.17) is 0 Å². The maximum absolute atomic E-state index is 3.78. The largest absolute Gasteiger partial charge is 2.00 e. The molecule has 0 aromatic rings. The van der Waals surface area contributed by atoms with E-state index in [1.54, 1.807) is 6.92 Å². The zero-order valence-corrected chi connectivity index (χ0v) is 18.1. The Labute approximate surface area is 165 Å². The molecule has 0 spiro atoms. The van der Waals surface area contributed by atoms with E-state index >= 15 is 0 Å². The molecule has 0 aliphatic heterocycles. The van der Waals surface area contributed by atoms with Crippen molar-refractivity contribution in [1.29, 1.82) is 0 Å². The zero-order valence-electron chi connectivity index (χ0n) is 15.3. The molecule has 20 heavy (non-hydrogen) atoms. The van der Waals surface area contributed by atoms with Crippen molar-refractivity contribution in [3.63, 3.8) is 0 Å². The molecule has 0 aromatic carbocycles. The van der Waals surface area contributed by atoms with Gasteiger partial charge < -0.3 is 27.7 Å². The molecule has 0 nitrogen and oxygen atoms in total. The maximum atomic E-state index is 3.78. The van der Waals surface area contributed by atoms with Crippen LogP contribution in [0.4, 0.5) is 0 Å². The van der Waals surface area contributed by atoms with E-state index in [2.05, 4.69) is 48.5 Å². The van der Waals surface area contributed by atoms with Crippen molar-refractivity contribution in [3.8, 4) is 0 Å². The summed E-state index contributed by atoms with van der Waals surface area (Å²) in [5.41, 5.74) is 0. The van der Waals surface area contributed by atoms with Crippen LogP contribution < -0.4 is 0 Å². The van der Waals surface area contributed by atoms with Crippen molar-refractivity contribution in [1.82, 2.24) is 0 Å². The first-order valence-corrected chi connectivity index (χ1v) is 7.83. The molecule has 0 aliphatic rings. The summed E-state index contributed by atoms with van der Waals surface area (Å²) in [4.78, 5) is 0.